The minimum Gasteiger partial charge on any atom is -0.496 e. The monoisotopic (exact) mass is 422 g/mol. The molecule has 0 bridgehead atoms. The molecule has 0 aliphatic heterocycles. The summed E-state index contributed by atoms with van der Waals surface area (Å²) in [6.45, 7) is 0. The first-order valence-corrected chi connectivity index (χ1v) is 8.47. The minimum atomic E-state index is 0.384. The summed E-state index contributed by atoms with van der Waals surface area (Å²) in [6.07, 6.45) is 1.67. The van der Waals surface area contributed by atoms with Gasteiger partial charge in [-0.1, -0.05) is 39.7 Å². The number of aromatic nitrogens is 3. The summed E-state index contributed by atoms with van der Waals surface area (Å²) in [5.41, 5.74) is 1.63. The molecule has 0 saturated heterocycles. The van der Waals surface area contributed by atoms with Gasteiger partial charge in [-0.25, -0.2) is 5.10 Å². The van der Waals surface area contributed by atoms with E-state index in [2.05, 4.69) is 31.2 Å². The largest absolute Gasteiger partial charge is 0.496 e. The number of H-pyrrole nitrogens is 1. The number of nitrogens with zero attached hydrogens (tertiary/aromatic N) is 3. The number of ether oxygens (including phenoxy) is 1. The maximum Gasteiger partial charge on any atom is 0.216 e. The Hall–Kier alpha value is -1.96. The molecule has 3 rings (SSSR count). The quantitative estimate of drug-likeness (QED) is 0.479. The van der Waals surface area contributed by atoms with Crippen molar-refractivity contribution in [3.63, 3.8) is 0 Å². The predicted octanol–water partition coefficient (Wildman–Crippen LogP) is 4.91. The summed E-state index contributed by atoms with van der Waals surface area (Å²) in [6, 6.07) is 13.0. The molecule has 2 aromatic carbocycles. The van der Waals surface area contributed by atoms with Crippen molar-refractivity contribution in [2.45, 2.75) is 0 Å². The second kappa shape index (κ2) is 7.29. The zero-order valence-electron chi connectivity index (χ0n) is 12.5. The first kappa shape index (κ1) is 16.9. The maximum absolute atomic E-state index is 6.05. The van der Waals surface area contributed by atoms with Crippen molar-refractivity contribution in [3.05, 3.63) is 62.3 Å². The molecule has 8 heteroatoms. The molecule has 0 atom stereocenters. The molecule has 1 aromatic heterocycles. The van der Waals surface area contributed by atoms with Crippen molar-refractivity contribution >= 4 is 46.0 Å². The van der Waals surface area contributed by atoms with Crippen LogP contribution in [-0.2, 0) is 0 Å². The van der Waals surface area contributed by atoms with Crippen LogP contribution in [0.2, 0.25) is 5.02 Å². The molecule has 122 valence electrons. The highest BCUT2D eigenvalue weighted by atomic mass is 79.9. The molecule has 0 fully saturated rings. The van der Waals surface area contributed by atoms with Gasteiger partial charge in [0.25, 0.3) is 0 Å². The van der Waals surface area contributed by atoms with Crippen molar-refractivity contribution in [1.29, 1.82) is 0 Å². The Morgan fingerprint density at radius 1 is 1.33 bits per heavy atom. The van der Waals surface area contributed by atoms with Gasteiger partial charge in [-0.2, -0.15) is 14.9 Å². The number of halogens is 2. The molecule has 0 aliphatic rings. The van der Waals surface area contributed by atoms with E-state index in [-0.39, 0.29) is 0 Å². The second-order valence-corrected chi connectivity index (χ2v) is 6.54. The fourth-order valence-electron chi connectivity index (χ4n) is 2.14. The number of methoxy groups -OCH3 is 1. The van der Waals surface area contributed by atoms with Crippen LogP contribution in [0.3, 0.4) is 0 Å². The smallest absolute Gasteiger partial charge is 0.216 e. The Balaban J connectivity index is 2.04. The standard InChI is InChI=1S/C16H12BrClN4OS/c1-23-14-6-5-12(17)7-11(14)9-19-22-15(20-21-16(22)24)10-3-2-4-13(18)8-10/h2-9H,1H3,(H,21,24)/b19-9-. The SMILES string of the molecule is COc1ccc(Br)cc1/C=N\n1c(-c2cccc(Cl)c2)n[nH]c1=S. The van der Waals surface area contributed by atoms with Crippen molar-refractivity contribution in [2.75, 3.05) is 7.11 Å². The Kier molecular flexibility index (Phi) is 5.13. The molecule has 0 radical (unpaired) electrons. The fourth-order valence-corrected chi connectivity index (χ4v) is 2.89. The van der Waals surface area contributed by atoms with Gasteiger partial charge in [-0.3, -0.25) is 0 Å². The van der Waals surface area contributed by atoms with Crippen LogP contribution in [-0.4, -0.2) is 28.2 Å². The van der Waals surface area contributed by atoms with E-state index >= 15 is 0 Å². The molecule has 0 spiro atoms. The summed E-state index contributed by atoms with van der Waals surface area (Å²) < 4.78 is 8.20. The van der Waals surface area contributed by atoms with Gasteiger partial charge in [0.05, 0.1) is 13.3 Å². The van der Waals surface area contributed by atoms with E-state index in [0.717, 1.165) is 15.6 Å². The topological polar surface area (TPSA) is 55.2 Å². The lowest BCUT2D eigenvalue weighted by Gasteiger charge is -2.05. The zero-order valence-corrected chi connectivity index (χ0v) is 15.7. The van der Waals surface area contributed by atoms with Crippen LogP contribution >= 0.6 is 39.7 Å². The van der Waals surface area contributed by atoms with Crippen LogP contribution < -0.4 is 4.74 Å². The molecule has 5 nitrogen and oxygen atoms in total. The molecule has 1 heterocycles. The molecule has 24 heavy (non-hydrogen) atoms. The lowest BCUT2D eigenvalue weighted by atomic mass is 10.2. The van der Waals surface area contributed by atoms with Gasteiger partial charge >= 0.3 is 0 Å². The molecule has 0 amide bonds. The fraction of sp³-hybridized carbons (Fsp3) is 0.0625. The van der Waals surface area contributed by atoms with E-state index in [1.54, 1.807) is 30.1 Å². The normalized spacial score (nSPS) is 11.1. The lowest BCUT2D eigenvalue weighted by Crippen LogP contribution is -1.96. The van der Waals surface area contributed by atoms with Gasteiger partial charge in [-0.15, -0.1) is 0 Å². The number of hydrogen-bond acceptors (Lipinski definition) is 4. The van der Waals surface area contributed by atoms with Crippen LogP contribution in [0.15, 0.2) is 52.0 Å². The Labute approximate surface area is 157 Å². The van der Waals surface area contributed by atoms with E-state index in [4.69, 9.17) is 28.6 Å². The van der Waals surface area contributed by atoms with E-state index < -0.39 is 0 Å². The van der Waals surface area contributed by atoms with Gasteiger partial charge in [0, 0.05) is 20.6 Å². The van der Waals surface area contributed by atoms with Crippen molar-refractivity contribution in [3.8, 4) is 17.1 Å². The highest BCUT2D eigenvalue weighted by molar-refractivity contribution is 9.10. The van der Waals surface area contributed by atoms with Crippen LogP contribution in [0, 0.1) is 4.77 Å². The van der Waals surface area contributed by atoms with Crippen LogP contribution in [0.5, 0.6) is 5.75 Å². The molecule has 1 N–H and O–H groups in total. The second-order valence-electron chi connectivity index (χ2n) is 4.81. The molecule has 0 saturated carbocycles. The Morgan fingerprint density at radius 3 is 2.92 bits per heavy atom. The molecule has 0 aliphatic carbocycles. The number of rotatable bonds is 4. The van der Waals surface area contributed by atoms with E-state index in [0.29, 0.717) is 21.4 Å². The van der Waals surface area contributed by atoms with Crippen molar-refractivity contribution < 1.29 is 4.74 Å². The average Bonchev–Trinajstić information content (AvgIpc) is 2.94. The maximum atomic E-state index is 6.05. The highest BCUT2D eigenvalue weighted by Crippen LogP contribution is 2.23. The number of nitrogens with one attached hydrogen (secondary N) is 1. The van der Waals surface area contributed by atoms with E-state index in [1.165, 1.54) is 0 Å². The van der Waals surface area contributed by atoms with Crippen molar-refractivity contribution in [2.24, 2.45) is 5.10 Å². The molecule has 0 unspecified atom stereocenters. The van der Waals surface area contributed by atoms with Gasteiger partial charge < -0.3 is 4.74 Å². The summed E-state index contributed by atoms with van der Waals surface area (Å²) in [5, 5.41) is 12.0. The third-order valence-corrected chi connectivity index (χ3v) is 4.23. The van der Waals surface area contributed by atoms with Crippen molar-refractivity contribution in [1.82, 2.24) is 14.9 Å². The highest BCUT2D eigenvalue weighted by Gasteiger charge is 2.09. The van der Waals surface area contributed by atoms with Gasteiger partial charge in [0.2, 0.25) is 4.77 Å². The molecule has 3 aromatic rings. The van der Waals surface area contributed by atoms with Crippen LogP contribution in [0.1, 0.15) is 5.56 Å². The van der Waals surface area contributed by atoms with E-state index in [1.807, 2.05) is 30.3 Å². The third-order valence-electron chi connectivity index (χ3n) is 3.24. The van der Waals surface area contributed by atoms with Gasteiger partial charge in [0.1, 0.15) is 5.75 Å². The molecular formula is C16H12BrClN4OS. The Morgan fingerprint density at radius 2 is 2.17 bits per heavy atom. The summed E-state index contributed by atoms with van der Waals surface area (Å²) in [7, 11) is 1.61. The number of aromatic amines is 1. The van der Waals surface area contributed by atoms with Crippen LogP contribution in [0.25, 0.3) is 11.4 Å². The zero-order chi connectivity index (χ0) is 17.1. The molecular weight excluding hydrogens is 412 g/mol. The third kappa shape index (κ3) is 3.58. The van der Waals surface area contributed by atoms with Crippen LogP contribution in [0.4, 0.5) is 0 Å². The Bertz CT molecular complexity index is 967. The predicted molar refractivity (Wildman–Crippen MR) is 102 cm³/mol. The van der Waals surface area contributed by atoms with E-state index in [9.17, 15) is 0 Å². The average molecular weight is 424 g/mol. The summed E-state index contributed by atoms with van der Waals surface area (Å²) >= 11 is 14.8. The number of hydrogen-bond donors (Lipinski definition) is 1. The number of benzene rings is 2. The van der Waals surface area contributed by atoms with Gasteiger partial charge in [0.15, 0.2) is 5.82 Å². The summed E-state index contributed by atoms with van der Waals surface area (Å²) in [4.78, 5) is 0. The lowest BCUT2D eigenvalue weighted by molar-refractivity contribution is 0.414. The van der Waals surface area contributed by atoms with Gasteiger partial charge in [-0.05, 0) is 42.5 Å². The first-order chi connectivity index (χ1) is 11.6. The first-order valence-electron chi connectivity index (χ1n) is 6.90. The summed E-state index contributed by atoms with van der Waals surface area (Å²) in [5.74, 6) is 1.29. The minimum absolute atomic E-state index is 0.384.